The highest BCUT2D eigenvalue weighted by molar-refractivity contribution is 5.97. The molecule has 0 radical (unpaired) electrons. The van der Waals surface area contributed by atoms with Gasteiger partial charge in [0.15, 0.2) is 17.1 Å². The largest absolute Gasteiger partial charge is 0.324 e. The Labute approximate surface area is 220 Å². The minimum atomic E-state index is -0.608. The Balaban J connectivity index is 1.44. The van der Waals surface area contributed by atoms with E-state index in [1.54, 1.807) is 51.2 Å². The Morgan fingerprint density at radius 1 is 0.949 bits per heavy atom. The van der Waals surface area contributed by atoms with Crippen LogP contribution >= 0.6 is 0 Å². The normalized spacial score (nSPS) is 11.8. The maximum Gasteiger partial charge on any atom is 0.229 e. The molecule has 0 atom stereocenters. The summed E-state index contributed by atoms with van der Waals surface area (Å²) >= 11 is 0. The van der Waals surface area contributed by atoms with E-state index in [-0.39, 0.29) is 39.8 Å². The molecule has 0 bridgehead atoms. The average Bonchev–Trinajstić information content (AvgIpc) is 3.53. The summed E-state index contributed by atoms with van der Waals surface area (Å²) in [5, 5.41) is 9.97. The number of aromatic nitrogens is 7. The monoisotopic (exact) mass is 524 g/mol. The third-order valence-electron chi connectivity index (χ3n) is 6.26. The number of anilines is 1. The molecule has 11 heteroatoms. The number of imidazole rings is 1. The zero-order valence-corrected chi connectivity index (χ0v) is 21.2. The van der Waals surface area contributed by atoms with Crippen molar-refractivity contribution in [2.24, 2.45) is 5.41 Å². The number of nitrogens with zero attached hydrogens (tertiary/aromatic N) is 5. The van der Waals surface area contributed by atoms with Crippen LogP contribution in [0.15, 0.2) is 61.2 Å². The topological polar surface area (TPSA) is 125 Å². The van der Waals surface area contributed by atoms with Crippen molar-refractivity contribution < 1.29 is 13.6 Å². The van der Waals surface area contributed by atoms with Crippen LogP contribution in [0.25, 0.3) is 56.0 Å². The number of benzene rings is 1. The Bertz CT molecular complexity index is 1890. The number of fused-ring (bicyclic) bond motifs is 2. The summed E-state index contributed by atoms with van der Waals surface area (Å²) in [6.45, 7) is 5.39. The number of pyridine rings is 3. The van der Waals surface area contributed by atoms with Gasteiger partial charge in [0.1, 0.15) is 22.8 Å². The van der Waals surface area contributed by atoms with Gasteiger partial charge in [0.05, 0.1) is 17.3 Å². The van der Waals surface area contributed by atoms with E-state index in [1.807, 2.05) is 0 Å². The van der Waals surface area contributed by atoms with E-state index in [9.17, 15) is 9.18 Å². The second-order valence-corrected chi connectivity index (χ2v) is 10.1. The number of nitrogens with one attached hydrogen (secondary N) is 3. The first-order chi connectivity index (χ1) is 18.7. The smallest absolute Gasteiger partial charge is 0.229 e. The molecule has 0 saturated heterocycles. The number of carbonyl (C=O) groups excluding carboxylic acids is 1. The molecule has 1 amide bonds. The van der Waals surface area contributed by atoms with E-state index >= 15 is 4.39 Å². The van der Waals surface area contributed by atoms with Gasteiger partial charge in [-0.15, -0.1) is 0 Å². The summed E-state index contributed by atoms with van der Waals surface area (Å²) in [5.74, 6) is -0.870. The Hall–Kier alpha value is -5.06. The number of amides is 1. The van der Waals surface area contributed by atoms with Gasteiger partial charge < -0.3 is 10.3 Å². The first-order valence-electron chi connectivity index (χ1n) is 12.1. The summed E-state index contributed by atoms with van der Waals surface area (Å²) in [6, 6.07) is 9.55. The average molecular weight is 525 g/mol. The van der Waals surface area contributed by atoms with Crippen LogP contribution in [0.4, 0.5) is 14.5 Å². The van der Waals surface area contributed by atoms with Crippen molar-refractivity contribution in [3.63, 3.8) is 0 Å². The number of carbonyl (C=O) groups is 1. The van der Waals surface area contributed by atoms with Crippen molar-refractivity contribution in [2.75, 3.05) is 5.32 Å². The van der Waals surface area contributed by atoms with Gasteiger partial charge in [-0.3, -0.25) is 14.9 Å². The highest BCUT2D eigenvalue weighted by atomic mass is 19.1. The van der Waals surface area contributed by atoms with Gasteiger partial charge in [-0.05, 0) is 29.8 Å². The zero-order valence-electron chi connectivity index (χ0n) is 21.2. The second-order valence-electron chi connectivity index (χ2n) is 10.1. The van der Waals surface area contributed by atoms with Crippen LogP contribution < -0.4 is 5.32 Å². The third kappa shape index (κ3) is 4.37. The zero-order chi connectivity index (χ0) is 27.3. The van der Waals surface area contributed by atoms with E-state index in [2.05, 4.69) is 40.4 Å². The minimum absolute atomic E-state index is 0.128. The lowest BCUT2D eigenvalue weighted by atomic mass is 9.95. The number of aromatic amines is 2. The number of rotatable bonds is 4. The van der Waals surface area contributed by atoms with Crippen LogP contribution in [-0.2, 0) is 4.79 Å². The predicted molar refractivity (Wildman–Crippen MR) is 143 cm³/mol. The first kappa shape index (κ1) is 24.3. The third-order valence-corrected chi connectivity index (χ3v) is 6.26. The quantitative estimate of drug-likeness (QED) is 0.264. The van der Waals surface area contributed by atoms with Crippen molar-refractivity contribution in [3.8, 4) is 33.8 Å². The van der Waals surface area contributed by atoms with E-state index in [4.69, 9.17) is 0 Å². The van der Waals surface area contributed by atoms with E-state index in [0.29, 0.717) is 33.5 Å². The fraction of sp³-hybridized carbons (Fsp3) is 0.143. The maximum absolute atomic E-state index is 16.0. The van der Waals surface area contributed by atoms with Crippen LogP contribution in [0.1, 0.15) is 20.8 Å². The number of hydrogen-bond donors (Lipinski definition) is 3. The van der Waals surface area contributed by atoms with Crippen molar-refractivity contribution in [1.82, 2.24) is 35.1 Å². The lowest BCUT2D eigenvalue weighted by molar-refractivity contribution is -0.123. The van der Waals surface area contributed by atoms with Crippen LogP contribution in [-0.4, -0.2) is 41.0 Å². The molecule has 3 N–H and O–H groups in total. The van der Waals surface area contributed by atoms with Gasteiger partial charge in [0.2, 0.25) is 5.91 Å². The molecular formula is C28H22F2N8O. The van der Waals surface area contributed by atoms with Gasteiger partial charge in [-0.1, -0.05) is 32.9 Å². The standard InChI is InChI=1S/C28H22F2N8O/c1-28(2,3)27(39)34-17-10-15(11-31-12-17)19-13-33-24-20(21(19)30)23(37-38-24)26-35-22-18(7-8-32-25(22)36-26)14-5-4-6-16(29)9-14/h4-13H,1-3H3,(H,34,39)(H,32,35,36)(H,33,37,38). The molecule has 1 aromatic carbocycles. The molecule has 39 heavy (non-hydrogen) atoms. The molecule has 6 rings (SSSR count). The van der Waals surface area contributed by atoms with Gasteiger partial charge in [0.25, 0.3) is 0 Å². The lowest BCUT2D eigenvalue weighted by Gasteiger charge is -2.17. The SMILES string of the molecule is CC(C)(C)C(=O)Nc1cncc(-c2cnc3[nH]nc(-c4nc5c(-c6cccc(F)c6)ccnc5[nH]4)c3c2F)c1. The minimum Gasteiger partial charge on any atom is -0.324 e. The fourth-order valence-electron chi connectivity index (χ4n) is 4.21. The molecule has 0 aliphatic rings. The Kier molecular flexibility index (Phi) is 5.63. The van der Waals surface area contributed by atoms with Crippen molar-refractivity contribution in [3.05, 3.63) is 72.8 Å². The molecule has 9 nitrogen and oxygen atoms in total. The molecule has 0 unspecified atom stereocenters. The summed E-state index contributed by atoms with van der Waals surface area (Å²) in [5.41, 5.74) is 3.12. The molecule has 0 aliphatic heterocycles. The predicted octanol–water partition coefficient (Wildman–Crippen LogP) is 5.89. The Morgan fingerprint density at radius 2 is 1.79 bits per heavy atom. The van der Waals surface area contributed by atoms with Crippen molar-refractivity contribution >= 4 is 33.8 Å². The molecule has 0 saturated carbocycles. The van der Waals surface area contributed by atoms with Crippen LogP contribution in [0.2, 0.25) is 0 Å². The van der Waals surface area contributed by atoms with E-state index in [1.165, 1.54) is 30.7 Å². The Morgan fingerprint density at radius 3 is 2.59 bits per heavy atom. The van der Waals surface area contributed by atoms with Gasteiger partial charge in [0, 0.05) is 40.7 Å². The van der Waals surface area contributed by atoms with Crippen LogP contribution in [0, 0.1) is 17.0 Å². The summed E-state index contributed by atoms with van der Waals surface area (Å²) in [4.78, 5) is 33.0. The molecule has 6 aromatic rings. The molecule has 0 aliphatic carbocycles. The van der Waals surface area contributed by atoms with Crippen molar-refractivity contribution in [1.29, 1.82) is 0 Å². The van der Waals surface area contributed by atoms with Gasteiger partial charge >= 0.3 is 0 Å². The molecular weight excluding hydrogens is 502 g/mol. The van der Waals surface area contributed by atoms with Crippen LogP contribution in [0.3, 0.4) is 0 Å². The number of hydrogen-bond acceptors (Lipinski definition) is 6. The summed E-state index contributed by atoms with van der Waals surface area (Å²) in [7, 11) is 0. The maximum atomic E-state index is 16.0. The highest BCUT2D eigenvalue weighted by Gasteiger charge is 2.23. The van der Waals surface area contributed by atoms with E-state index in [0.717, 1.165) is 0 Å². The molecule has 5 heterocycles. The highest BCUT2D eigenvalue weighted by Crippen LogP contribution is 2.34. The molecule has 0 fully saturated rings. The fourth-order valence-corrected chi connectivity index (χ4v) is 4.21. The van der Waals surface area contributed by atoms with Crippen molar-refractivity contribution in [2.45, 2.75) is 20.8 Å². The van der Waals surface area contributed by atoms with Gasteiger partial charge in [-0.25, -0.2) is 23.7 Å². The summed E-state index contributed by atoms with van der Waals surface area (Å²) in [6.07, 6.45) is 5.97. The number of halogens is 2. The number of H-pyrrole nitrogens is 2. The van der Waals surface area contributed by atoms with Crippen LogP contribution in [0.5, 0.6) is 0 Å². The molecule has 0 spiro atoms. The lowest BCUT2D eigenvalue weighted by Crippen LogP contribution is -2.27. The van der Waals surface area contributed by atoms with Gasteiger partial charge in [-0.2, -0.15) is 5.10 Å². The second kappa shape index (κ2) is 9.05. The van der Waals surface area contributed by atoms with E-state index < -0.39 is 11.2 Å². The molecule has 194 valence electrons. The molecule has 5 aromatic heterocycles. The first-order valence-corrected chi connectivity index (χ1v) is 12.1. The summed E-state index contributed by atoms with van der Waals surface area (Å²) < 4.78 is 29.9.